The fraction of sp³-hybridized carbons (Fsp3) is 0.375. The third-order valence-electron chi connectivity index (χ3n) is 6.06. The van der Waals surface area contributed by atoms with Gasteiger partial charge in [0.1, 0.15) is 12.6 Å². The van der Waals surface area contributed by atoms with Gasteiger partial charge in [0.05, 0.1) is 11.4 Å². The van der Waals surface area contributed by atoms with E-state index in [0.717, 1.165) is 37.1 Å². The summed E-state index contributed by atoms with van der Waals surface area (Å²) in [4.78, 5) is 44.1. The Morgan fingerprint density at radius 1 is 1.12 bits per heavy atom. The molecule has 1 fully saturated rings. The first kappa shape index (κ1) is 22.1. The van der Waals surface area contributed by atoms with Crippen molar-refractivity contribution in [3.8, 4) is 0 Å². The third kappa shape index (κ3) is 4.17. The molecule has 168 valence electrons. The molecule has 1 saturated heterocycles. The van der Waals surface area contributed by atoms with E-state index in [4.69, 9.17) is 11.6 Å². The number of benzene rings is 2. The van der Waals surface area contributed by atoms with Crippen molar-refractivity contribution in [2.24, 2.45) is 0 Å². The first-order valence-corrected chi connectivity index (χ1v) is 11.1. The Morgan fingerprint density at radius 3 is 2.66 bits per heavy atom. The molecule has 7 nitrogen and oxygen atoms in total. The van der Waals surface area contributed by atoms with Crippen LogP contribution in [0.25, 0.3) is 0 Å². The van der Waals surface area contributed by atoms with Gasteiger partial charge in [0.15, 0.2) is 0 Å². The van der Waals surface area contributed by atoms with E-state index in [9.17, 15) is 14.4 Å². The molecule has 2 aromatic rings. The highest BCUT2D eigenvalue weighted by Gasteiger charge is 2.40. The van der Waals surface area contributed by atoms with Crippen molar-refractivity contribution in [2.75, 3.05) is 42.3 Å². The lowest BCUT2D eigenvalue weighted by atomic mass is 9.95. The van der Waals surface area contributed by atoms with E-state index in [1.54, 1.807) is 38.4 Å². The van der Waals surface area contributed by atoms with E-state index in [1.165, 1.54) is 9.80 Å². The summed E-state index contributed by atoms with van der Waals surface area (Å²) in [5.41, 5.74) is 3.46. The lowest BCUT2D eigenvalue weighted by Crippen LogP contribution is -2.56. The third-order valence-corrected chi connectivity index (χ3v) is 6.29. The molecule has 1 N–H and O–H groups in total. The van der Waals surface area contributed by atoms with Crippen molar-refractivity contribution in [2.45, 2.75) is 32.2 Å². The van der Waals surface area contributed by atoms with E-state index in [2.05, 4.69) is 10.2 Å². The number of nitrogens with zero attached hydrogens (tertiary/aromatic N) is 3. The number of hydrogen-bond donors (Lipinski definition) is 1. The zero-order valence-corrected chi connectivity index (χ0v) is 19.3. The van der Waals surface area contributed by atoms with Crippen LogP contribution in [0.5, 0.6) is 0 Å². The standard InChI is InChI=1S/C24H27ClN4O3/c1-15-7-9-17(25)13-18(15)26-22(30)14-29-21-12-16(23(31)27(2)3)8-10-19(21)28-11-5-4-6-20(28)24(29)32/h7-10,12-13,20H,4-6,11,14H2,1-3H3,(H,26,30)/t20-/m1/s1. The van der Waals surface area contributed by atoms with Crippen LogP contribution in [0.4, 0.5) is 17.1 Å². The van der Waals surface area contributed by atoms with Crippen LogP contribution in [0.15, 0.2) is 36.4 Å². The molecular formula is C24H27ClN4O3. The van der Waals surface area contributed by atoms with E-state index < -0.39 is 0 Å². The van der Waals surface area contributed by atoms with Gasteiger partial charge < -0.3 is 15.1 Å². The van der Waals surface area contributed by atoms with Crippen molar-refractivity contribution in [1.29, 1.82) is 0 Å². The van der Waals surface area contributed by atoms with Crippen LogP contribution in [0.2, 0.25) is 5.02 Å². The molecule has 8 heteroatoms. The minimum atomic E-state index is -0.316. The molecule has 0 spiro atoms. The molecule has 0 aliphatic carbocycles. The molecule has 0 saturated carbocycles. The number of rotatable bonds is 4. The van der Waals surface area contributed by atoms with Gasteiger partial charge in [0, 0.05) is 36.9 Å². The Morgan fingerprint density at radius 2 is 1.91 bits per heavy atom. The number of piperidine rings is 1. The molecule has 3 amide bonds. The highest BCUT2D eigenvalue weighted by atomic mass is 35.5. The molecule has 1 atom stereocenters. The first-order chi connectivity index (χ1) is 15.3. The Kier molecular flexibility index (Phi) is 6.11. The number of hydrogen-bond acceptors (Lipinski definition) is 4. The minimum absolute atomic E-state index is 0.107. The van der Waals surface area contributed by atoms with Crippen LogP contribution in [0.3, 0.4) is 0 Å². The fourth-order valence-electron chi connectivity index (χ4n) is 4.37. The van der Waals surface area contributed by atoms with Gasteiger partial charge >= 0.3 is 0 Å². The Bertz CT molecular complexity index is 1080. The molecule has 0 aromatic heterocycles. The van der Waals surface area contributed by atoms with E-state index in [1.807, 2.05) is 19.1 Å². The summed E-state index contributed by atoms with van der Waals surface area (Å²) in [6.45, 7) is 2.53. The van der Waals surface area contributed by atoms with Gasteiger partial charge in [0.2, 0.25) is 11.8 Å². The van der Waals surface area contributed by atoms with Gasteiger partial charge in [-0.3, -0.25) is 19.3 Å². The molecular weight excluding hydrogens is 428 g/mol. The van der Waals surface area contributed by atoms with Crippen molar-refractivity contribution >= 4 is 46.4 Å². The summed E-state index contributed by atoms with van der Waals surface area (Å²) < 4.78 is 0. The zero-order chi connectivity index (χ0) is 23.0. The smallest absolute Gasteiger partial charge is 0.253 e. The lowest BCUT2D eigenvalue weighted by molar-refractivity contribution is -0.123. The fourth-order valence-corrected chi connectivity index (χ4v) is 4.55. The van der Waals surface area contributed by atoms with Gasteiger partial charge in [-0.2, -0.15) is 0 Å². The Hall–Kier alpha value is -3.06. The number of halogens is 1. The van der Waals surface area contributed by atoms with E-state index in [0.29, 0.717) is 22.0 Å². The molecule has 2 heterocycles. The maximum atomic E-state index is 13.4. The Labute approximate surface area is 192 Å². The topological polar surface area (TPSA) is 73.0 Å². The molecule has 2 aromatic carbocycles. The normalized spacial score (nSPS) is 17.5. The SMILES string of the molecule is Cc1ccc(Cl)cc1NC(=O)CN1C(=O)[C@H]2CCCCN2c2ccc(C(=O)N(C)C)cc21. The van der Waals surface area contributed by atoms with Crippen molar-refractivity contribution in [1.82, 2.24) is 4.90 Å². The average Bonchev–Trinajstić information content (AvgIpc) is 2.78. The number of amides is 3. The average molecular weight is 455 g/mol. The number of carbonyl (C=O) groups excluding carboxylic acids is 3. The maximum Gasteiger partial charge on any atom is 0.253 e. The predicted molar refractivity (Wildman–Crippen MR) is 127 cm³/mol. The summed E-state index contributed by atoms with van der Waals surface area (Å²) >= 11 is 6.07. The monoisotopic (exact) mass is 454 g/mol. The summed E-state index contributed by atoms with van der Waals surface area (Å²) in [5.74, 6) is -0.576. The number of fused-ring (bicyclic) bond motifs is 3. The molecule has 32 heavy (non-hydrogen) atoms. The summed E-state index contributed by atoms with van der Waals surface area (Å²) in [5, 5.41) is 3.39. The summed E-state index contributed by atoms with van der Waals surface area (Å²) in [7, 11) is 3.37. The minimum Gasteiger partial charge on any atom is -0.358 e. The molecule has 0 radical (unpaired) electrons. The zero-order valence-electron chi connectivity index (χ0n) is 18.5. The molecule has 0 bridgehead atoms. The van der Waals surface area contributed by atoms with Crippen molar-refractivity contribution in [3.05, 3.63) is 52.5 Å². The van der Waals surface area contributed by atoms with Crippen molar-refractivity contribution < 1.29 is 14.4 Å². The van der Waals surface area contributed by atoms with Crippen LogP contribution >= 0.6 is 11.6 Å². The molecule has 2 aliphatic heterocycles. The molecule has 4 rings (SSSR count). The molecule has 2 aliphatic rings. The number of carbonyl (C=O) groups is 3. The van der Waals surface area contributed by atoms with Crippen LogP contribution in [-0.2, 0) is 9.59 Å². The van der Waals surface area contributed by atoms with Gasteiger partial charge in [0.25, 0.3) is 5.91 Å². The van der Waals surface area contributed by atoms with E-state index >= 15 is 0 Å². The van der Waals surface area contributed by atoms with Crippen LogP contribution in [0, 0.1) is 6.92 Å². The highest BCUT2D eigenvalue weighted by molar-refractivity contribution is 6.31. The largest absolute Gasteiger partial charge is 0.358 e. The highest BCUT2D eigenvalue weighted by Crippen LogP contribution is 2.40. The van der Waals surface area contributed by atoms with Gasteiger partial charge in [-0.25, -0.2) is 0 Å². The van der Waals surface area contributed by atoms with Crippen LogP contribution in [-0.4, -0.2) is 55.8 Å². The number of anilines is 3. The first-order valence-electron chi connectivity index (χ1n) is 10.8. The second-order valence-electron chi connectivity index (χ2n) is 8.54. The summed E-state index contributed by atoms with van der Waals surface area (Å²) in [6, 6.07) is 10.4. The maximum absolute atomic E-state index is 13.4. The van der Waals surface area contributed by atoms with Crippen LogP contribution in [0.1, 0.15) is 35.2 Å². The van der Waals surface area contributed by atoms with Gasteiger partial charge in [-0.15, -0.1) is 0 Å². The van der Waals surface area contributed by atoms with Gasteiger partial charge in [-0.1, -0.05) is 17.7 Å². The van der Waals surface area contributed by atoms with E-state index in [-0.39, 0.29) is 30.3 Å². The van der Waals surface area contributed by atoms with Crippen molar-refractivity contribution in [3.63, 3.8) is 0 Å². The Balaban J connectivity index is 1.68. The number of nitrogens with one attached hydrogen (secondary N) is 1. The van der Waals surface area contributed by atoms with Gasteiger partial charge in [-0.05, 0) is 62.1 Å². The summed E-state index contributed by atoms with van der Waals surface area (Å²) in [6.07, 6.45) is 2.74. The second-order valence-corrected chi connectivity index (χ2v) is 8.98. The number of aryl methyl sites for hydroxylation is 1. The van der Waals surface area contributed by atoms with Crippen LogP contribution < -0.4 is 15.1 Å². The quantitative estimate of drug-likeness (QED) is 0.764. The molecule has 0 unspecified atom stereocenters. The lowest BCUT2D eigenvalue weighted by Gasteiger charge is -2.45. The predicted octanol–water partition coefficient (Wildman–Crippen LogP) is 3.69. The second kappa shape index (κ2) is 8.82.